The van der Waals surface area contributed by atoms with Gasteiger partial charge in [0.05, 0.1) is 17.1 Å². The summed E-state index contributed by atoms with van der Waals surface area (Å²) in [5.74, 6) is -0.308. The van der Waals surface area contributed by atoms with E-state index in [0.717, 1.165) is 18.5 Å². The van der Waals surface area contributed by atoms with Gasteiger partial charge in [0.2, 0.25) is 10.0 Å². The Kier molecular flexibility index (Phi) is 7.29. The average molecular weight is 437 g/mol. The van der Waals surface area contributed by atoms with E-state index in [2.05, 4.69) is 4.90 Å². The predicted octanol–water partition coefficient (Wildman–Crippen LogP) is 3.07. The van der Waals surface area contributed by atoms with Gasteiger partial charge in [-0.25, -0.2) is 13.2 Å². The Morgan fingerprint density at radius 3 is 2.21 bits per heavy atom. The summed E-state index contributed by atoms with van der Waals surface area (Å²) in [5, 5.41) is 0.518. The van der Waals surface area contributed by atoms with Crippen molar-refractivity contribution >= 4 is 27.6 Å². The molecule has 6 nitrogen and oxygen atoms in total. The van der Waals surface area contributed by atoms with E-state index in [1.807, 2.05) is 12.1 Å². The van der Waals surface area contributed by atoms with Crippen molar-refractivity contribution in [2.75, 3.05) is 39.3 Å². The highest BCUT2D eigenvalue weighted by Gasteiger charge is 2.28. The maximum atomic E-state index is 12.7. The Morgan fingerprint density at radius 2 is 1.62 bits per heavy atom. The molecule has 0 N–H and O–H groups in total. The Morgan fingerprint density at radius 1 is 1.00 bits per heavy atom. The van der Waals surface area contributed by atoms with Crippen molar-refractivity contribution in [3.05, 3.63) is 64.7 Å². The number of piperazine rings is 1. The number of carbonyl (C=O) groups excluding carboxylic acids is 1. The van der Waals surface area contributed by atoms with Crippen molar-refractivity contribution in [3.63, 3.8) is 0 Å². The molecule has 0 amide bonds. The minimum Gasteiger partial charge on any atom is -0.462 e. The number of esters is 1. The second kappa shape index (κ2) is 9.71. The maximum Gasteiger partial charge on any atom is 0.338 e. The summed E-state index contributed by atoms with van der Waals surface area (Å²) >= 11 is 5.85. The number of benzene rings is 2. The number of halogens is 1. The van der Waals surface area contributed by atoms with Crippen molar-refractivity contribution in [2.45, 2.75) is 18.2 Å². The van der Waals surface area contributed by atoms with Crippen molar-refractivity contribution in [3.8, 4) is 0 Å². The number of carbonyl (C=O) groups is 1. The number of ether oxygens (including phenoxy) is 1. The summed E-state index contributed by atoms with van der Waals surface area (Å²) in [6.07, 6.45) is 0.840. The summed E-state index contributed by atoms with van der Waals surface area (Å²) in [6.45, 7) is 5.29. The van der Waals surface area contributed by atoms with Crippen molar-refractivity contribution in [1.82, 2.24) is 9.21 Å². The van der Waals surface area contributed by atoms with Crippen LogP contribution in [0, 0.1) is 0 Å². The lowest BCUT2D eigenvalue weighted by molar-refractivity contribution is 0.0526. The summed E-state index contributed by atoms with van der Waals surface area (Å²) in [5.41, 5.74) is 1.69. The number of hydrogen-bond donors (Lipinski definition) is 0. The van der Waals surface area contributed by atoms with Crippen LogP contribution in [-0.2, 0) is 21.2 Å². The van der Waals surface area contributed by atoms with Crippen LogP contribution in [0.2, 0.25) is 5.02 Å². The van der Waals surface area contributed by atoms with Crippen LogP contribution in [0.4, 0.5) is 0 Å². The van der Waals surface area contributed by atoms with Crippen LogP contribution in [0.15, 0.2) is 53.4 Å². The van der Waals surface area contributed by atoms with Crippen LogP contribution in [0.3, 0.4) is 0 Å². The summed E-state index contributed by atoms with van der Waals surface area (Å²) in [7, 11) is -3.48. The molecular weight excluding hydrogens is 412 g/mol. The molecular formula is C21H25ClN2O4S. The molecule has 1 saturated heterocycles. The Labute approximate surface area is 177 Å². The van der Waals surface area contributed by atoms with E-state index in [4.69, 9.17) is 16.3 Å². The molecule has 0 aromatic heterocycles. The molecule has 2 aromatic carbocycles. The van der Waals surface area contributed by atoms with Crippen molar-refractivity contribution < 1.29 is 17.9 Å². The number of hydrogen-bond acceptors (Lipinski definition) is 5. The first-order valence-electron chi connectivity index (χ1n) is 9.64. The summed E-state index contributed by atoms with van der Waals surface area (Å²) in [6, 6.07) is 13.7. The van der Waals surface area contributed by atoms with Crippen LogP contribution < -0.4 is 0 Å². The average Bonchev–Trinajstić information content (AvgIpc) is 2.73. The van der Waals surface area contributed by atoms with Crippen molar-refractivity contribution in [1.29, 1.82) is 0 Å². The van der Waals surface area contributed by atoms with Crippen LogP contribution in [0.1, 0.15) is 22.8 Å². The molecule has 29 heavy (non-hydrogen) atoms. The van der Waals surface area contributed by atoms with Gasteiger partial charge in [-0.15, -0.1) is 0 Å². The third-order valence-electron chi connectivity index (χ3n) is 4.96. The minimum absolute atomic E-state index is 0.275. The fourth-order valence-electron chi connectivity index (χ4n) is 3.26. The quantitative estimate of drug-likeness (QED) is 0.624. The molecule has 2 aromatic rings. The Bertz CT molecular complexity index is 922. The number of nitrogens with zero attached hydrogens (tertiary/aromatic N) is 2. The lowest BCUT2D eigenvalue weighted by Crippen LogP contribution is -2.48. The molecule has 1 aliphatic rings. The Hall–Kier alpha value is -1.93. The zero-order chi connectivity index (χ0) is 20.9. The lowest BCUT2D eigenvalue weighted by atomic mass is 10.1. The van der Waals surface area contributed by atoms with Gasteiger partial charge in [-0.2, -0.15) is 4.31 Å². The van der Waals surface area contributed by atoms with Gasteiger partial charge < -0.3 is 9.64 Å². The van der Waals surface area contributed by atoms with E-state index in [1.54, 1.807) is 43.3 Å². The summed E-state index contributed by atoms with van der Waals surface area (Å²) in [4.78, 5) is 14.2. The van der Waals surface area contributed by atoms with Crippen molar-refractivity contribution in [2.24, 2.45) is 0 Å². The van der Waals surface area contributed by atoms with E-state index >= 15 is 0 Å². The molecule has 0 aliphatic carbocycles. The van der Waals surface area contributed by atoms with Gasteiger partial charge >= 0.3 is 5.97 Å². The monoisotopic (exact) mass is 436 g/mol. The zero-order valence-corrected chi connectivity index (χ0v) is 18.0. The molecule has 0 bridgehead atoms. The number of rotatable bonds is 7. The number of sulfonamides is 1. The van der Waals surface area contributed by atoms with E-state index < -0.39 is 10.0 Å². The highest BCUT2D eigenvalue weighted by Crippen LogP contribution is 2.20. The minimum atomic E-state index is -3.48. The van der Waals surface area contributed by atoms with Gasteiger partial charge in [0.25, 0.3) is 0 Å². The third kappa shape index (κ3) is 5.57. The third-order valence-corrected chi connectivity index (χ3v) is 7.13. The molecule has 1 aliphatic heterocycles. The van der Waals surface area contributed by atoms with Gasteiger partial charge in [0.15, 0.2) is 0 Å². The molecule has 1 heterocycles. The van der Waals surface area contributed by atoms with Crippen LogP contribution in [-0.4, -0.2) is 62.9 Å². The standard InChI is InChI=1S/C21H25ClN2O4S/c1-2-28-21(25)18-5-3-17(4-6-18)11-12-23-13-15-24(16-14-23)29(26,27)20-9-7-19(22)8-10-20/h3-10H,2,11-16H2,1H3. The largest absolute Gasteiger partial charge is 0.462 e. The SMILES string of the molecule is CCOC(=O)c1ccc(CCN2CCN(S(=O)(=O)c3ccc(Cl)cc3)CC2)cc1. The lowest BCUT2D eigenvalue weighted by Gasteiger charge is -2.34. The van der Waals surface area contributed by atoms with E-state index in [9.17, 15) is 13.2 Å². The van der Waals surface area contributed by atoms with Gasteiger partial charge in [-0.3, -0.25) is 0 Å². The molecule has 0 atom stereocenters. The molecule has 1 fully saturated rings. The van der Waals surface area contributed by atoms with E-state index in [-0.39, 0.29) is 10.9 Å². The molecule has 0 radical (unpaired) electrons. The van der Waals surface area contributed by atoms with E-state index in [1.165, 1.54) is 4.31 Å². The zero-order valence-electron chi connectivity index (χ0n) is 16.4. The molecule has 0 saturated carbocycles. The van der Waals surface area contributed by atoms with Gasteiger partial charge in [0, 0.05) is 37.7 Å². The van der Waals surface area contributed by atoms with Gasteiger partial charge in [0.1, 0.15) is 0 Å². The first kappa shape index (κ1) is 21.8. The molecule has 8 heteroatoms. The molecule has 3 rings (SSSR count). The van der Waals surface area contributed by atoms with Crippen LogP contribution in [0.5, 0.6) is 0 Å². The second-order valence-electron chi connectivity index (χ2n) is 6.87. The topological polar surface area (TPSA) is 66.9 Å². The fraction of sp³-hybridized carbons (Fsp3) is 0.381. The highest BCUT2D eigenvalue weighted by atomic mass is 35.5. The predicted molar refractivity (Wildman–Crippen MR) is 113 cm³/mol. The van der Waals surface area contributed by atoms with Gasteiger partial charge in [-0.1, -0.05) is 23.7 Å². The van der Waals surface area contributed by atoms with Gasteiger partial charge in [-0.05, 0) is 55.3 Å². The normalized spacial score (nSPS) is 15.9. The fourth-order valence-corrected chi connectivity index (χ4v) is 4.81. The molecule has 156 valence electrons. The Balaban J connectivity index is 1.50. The maximum absolute atomic E-state index is 12.7. The summed E-state index contributed by atoms with van der Waals surface area (Å²) < 4.78 is 32.0. The van der Waals surface area contributed by atoms with E-state index in [0.29, 0.717) is 43.4 Å². The smallest absolute Gasteiger partial charge is 0.338 e. The first-order chi connectivity index (χ1) is 13.9. The molecule has 0 spiro atoms. The second-order valence-corrected chi connectivity index (χ2v) is 9.24. The molecule has 0 unspecified atom stereocenters. The van der Waals surface area contributed by atoms with Crippen LogP contribution in [0.25, 0.3) is 0 Å². The first-order valence-corrected chi connectivity index (χ1v) is 11.5. The van der Waals surface area contributed by atoms with Crippen LogP contribution >= 0.6 is 11.6 Å². The highest BCUT2D eigenvalue weighted by molar-refractivity contribution is 7.89.